The van der Waals surface area contributed by atoms with Gasteiger partial charge in [0.05, 0.1) is 19.4 Å². The molecule has 2 rings (SSSR count). The summed E-state index contributed by atoms with van der Waals surface area (Å²) in [5.41, 5.74) is 4.11. The molecule has 0 aliphatic rings. The first-order valence-corrected chi connectivity index (χ1v) is 9.44. The van der Waals surface area contributed by atoms with E-state index in [4.69, 9.17) is 9.15 Å². The van der Waals surface area contributed by atoms with E-state index in [0.29, 0.717) is 0 Å². The van der Waals surface area contributed by atoms with Gasteiger partial charge in [-0.3, -0.25) is 0 Å². The third-order valence-electron chi connectivity index (χ3n) is 4.78. The van der Waals surface area contributed by atoms with Crippen LogP contribution in [0.4, 0.5) is 5.69 Å². The first kappa shape index (κ1) is 19.9. The summed E-state index contributed by atoms with van der Waals surface area (Å²) in [6.45, 7) is 6.70. The molecule has 140 valence electrons. The Balaban J connectivity index is 2.02. The summed E-state index contributed by atoms with van der Waals surface area (Å²) in [5, 5.41) is 3.56. The number of benzene rings is 1. The number of anilines is 1. The second-order valence-corrected chi connectivity index (χ2v) is 6.44. The van der Waals surface area contributed by atoms with Gasteiger partial charge in [-0.25, -0.2) is 0 Å². The molecule has 1 N–H and O–H groups in total. The van der Waals surface area contributed by atoms with E-state index in [-0.39, 0.29) is 6.04 Å². The number of hydrogen-bond acceptors (Lipinski definition) is 3. The molecule has 0 aliphatic carbocycles. The molecule has 1 aromatic carbocycles. The molecular formula is C23H31NO2. The van der Waals surface area contributed by atoms with Crippen LogP contribution in [0.15, 0.2) is 70.4 Å². The summed E-state index contributed by atoms with van der Waals surface area (Å²) in [4.78, 5) is 0. The molecule has 2 aromatic rings. The van der Waals surface area contributed by atoms with Crippen molar-refractivity contribution in [2.24, 2.45) is 0 Å². The average molecular weight is 354 g/mol. The van der Waals surface area contributed by atoms with Crippen LogP contribution in [-0.2, 0) is 0 Å². The van der Waals surface area contributed by atoms with Crippen molar-refractivity contribution in [3.8, 4) is 5.75 Å². The number of nitrogens with one attached hydrogen (secondary N) is 1. The van der Waals surface area contributed by atoms with Crippen LogP contribution < -0.4 is 10.1 Å². The zero-order chi connectivity index (χ0) is 18.8. The molecule has 1 unspecified atom stereocenters. The van der Waals surface area contributed by atoms with Crippen LogP contribution in [0.25, 0.3) is 0 Å². The van der Waals surface area contributed by atoms with Crippen LogP contribution >= 0.6 is 0 Å². The van der Waals surface area contributed by atoms with Gasteiger partial charge in [0, 0.05) is 5.69 Å². The zero-order valence-corrected chi connectivity index (χ0v) is 16.4. The maximum Gasteiger partial charge on any atom is 0.126 e. The first-order valence-electron chi connectivity index (χ1n) is 9.44. The predicted octanol–water partition coefficient (Wildman–Crippen LogP) is 6.91. The number of methoxy groups -OCH3 is 1. The molecule has 3 heteroatoms. The number of rotatable bonds is 10. The van der Waals surface area contributed by atoms with Crippen molar-refractivity contribution < 1.29 is 9.15 Å². The van der Waals surface area contributed by atoms with E-state index in [1.165, 1.54) is 5.57 Å². The zero-order valence-electron chi connectivity index (χ0n) is 16.4. The van der Waals surface area contributed by atoms with E-state index in [9.17, 15) is 0 Å². The highest BCUT2D eigenvalue weighted by molar-refractivity contribution is 5.47. The molecule has 0 radical (unpaired) electrons. The van der Waals surface area contributed by atoms with Crippen molar-refractivity contribution in [1.82, 2.24) is 0 Å². The quantitative estimate of drug-likeness (QED) is 0.471. The summed E-state index contributed by atoms with van der Waals surface area (Å²) in [6, 6.07) is 12.0. The Morgan fingerprint density at radius 1 is 1.12 bits per heavy atom. The fourth-order valence-electron chi connectivity index (χ4n) is 2.95. The van der Waals surface area contributed by atoms with Gasteiger partial charge in [0.1, 0.15) is 11.5 Å². The van der Waals surface area contributed by atoms with Crippen LogP contribution in [0, 0.1) is 0 Å². The SMILES string of the molecule is CC/C(C)=C(\CC)C/C=C/CC(Nc1ccc(OC)cc1)c1ccco1. The molecule has 0 saturated carbocycles. The number of hydrogen-bond donors (Lipinski definition) is 1. The lowest BCUT2D eigenvalue weighted by atomic mass is 10.0. The van der Waals surface area contributed by atoms with Crippen molar-refractivity contribution in [1.29, 1.82) is 0 Å². The van der Waals surface area contributed by atoms with E-state index in [0.717, 1.165) is 42.9 Å². The lowest BCUT2D eigenvalue weighted by Gasteiger charge is -2.17. The number of allylic oxidation sites excluding steroid dienone is 3. The highest BCUT2D eigenvalue weighted by atomic mass is 16.5. The smallest absolute Gasteiger partial charge is 0.126 e. The van der Waals surface area contributed by atoms with Crippen LogP contribution in [0.1, 0.15) is 58.3 Å². The molecular weight excluding hydrogens is 322 g/mol. The first-order chi connectivity index (χ1) is 12.7. The molecule has 26 heavy (non-hydrogen) atoms. The fourth-order valence-corrected chi connectivity index (χ4v) is 2.95. The molecule has 0 saturated heterocycles. The summed E-state index contributed by atoms with van der Waals surface area (Å²) in [5.74, 6) is 1.80. The van der Waals surface area contributed by atoms with E-state index in [1.807, 2.05) is 36.4 Å². The molecule has 0 spiro atoms. The predicted molar refractivity (Wildman–Crippen MR) is 110 cm³/mol. The minimum Gasteiger partial charge on any atom is -0.497 e. The number of furan rings is 1. The van der Waals surface area contributed by atoms with E-state index in [1.54, 1.807) is 18.9 Å². The Kier molecular flexibility index (Phi) is 8.07. The maximum absolute atomic E-state index is 5.64. The van der Waals surface area contributed by atoms with Crippen molar-refractivity contribution in [2.75, 3.05) is 12.4 Å². The standard InChI is InChI=1S/C23H31NO2/c1-5-18(3)19(6-2)10-7-8-11-22(23-12-9-17-26-23)24-20-13-15-21(25-4)16-14-20/h7-9,12-17,22,24H,5-6,10-11H2,1-4H3/b8-7+,19-18+. The third kappa shape index (κ3) is 5.83. The van der Waals surface area contributed by atoms with Gasteiger partial charge in [-0.2, -0.15) is 0 Å². The van der Waals surface area contributed by atoms with Gasteiger partial charge < -0.3 is 14.5 Å². The minimum absolute atomic E-state index is 0.107. The molecule has 0 bridgehead atoms. The second-order valence-electron chi connectivity index (χ2n) is 6.44. The van der Waals surface area contributed by atoms with E-state index in [2.05, 4.69) is 38.2 Å². The fraction of sp³-hybridized carbons (Fsp3) is 0.391. The van der Waals surface area contributed by atoms with Gasteiger partial charge in [-0.05, 0) is 69.0 Å². The molecule has 0 aliphatic heterocycles. The summed E-state index contributed by atoms with van der Waals surface area (Å²) < 4.78 is 10.9. The third-order valence-corrected chi connectivity index (χ3v) is 4.78. The van der Waals surface area contributed by atoms with Gasteiger partial charge in [-0.15, -0.1) is 0 Å². The van der Waals surface area contributed by atoms with E-state index < -0.39 is 0 Å². The molecule has 1 aromatic heterocycles. The van der Waals surface area contributed by atoms with Gasteiger partial charge in [0.2, 0.25) is 0 Å². The van der Waals surface area contributed by atoms with Crippen LogP contribution in [0.2, 0.25) is 0 Å². The molecule has 0 fully saturated rings. The normalized spacial score (nSPS) is 13.5. The van der Waals surface area contributed by atoms with Crippen LogP contribution in [-0.4, -0.2) is 7.11 Å². The van der Waals surface area contributed by atoms with Crippen LogP contribution in [0.3, 0.4) is 0 Å². The van der Waals surface area contributed by atoms with E-state index >= 15 is 0 Å². The minimum atomic E-state index is 0.107. The Hall–Kier alpha value is -2.42. The molecule has 0 amide bonds. The lowest BCUT2D eigenvalue weighted by Crippen LogP contribution is -2.09. The van der Waals surface area contributed by atoms with Crippen molar-refractivity contribution in [2.45, 2.75) is 52.5 Å². The molecule has 3 nitrogen and oxygen atoms in total. The average Bonchev–Trinajstić information content (AvgIpc) is 3.21. The lowest BCUT2D eigenvalue weighted by molar-refractivity contribution is 0.415. The van der Waals surface area contributed by atoms with Crippen molar-refractivity contribution >= 4 is 5.69 Å². The Morgan fingerprint density at radius 2 is 1.88 bits per heavy atom. The summed E-state index contributed by atoms with van der Waals surface area (Å²) >= 11 is 0. The largest absolute Gasteiger partial charge is 0.497 e. The van der Waals surface area contributed by atoms with Gasteiger partial charge in [0.15, 0.2) is 0 Å². The maximum atomic E-state index is 5.64. The van der Waals surface area contributed by atoms with Crippen molar-refractivity contribution in [3.63, 3.8) is 0 Å². The van der Waals surface area contributed by atoms with Crippen LogP contribution in [0.5, 0.6) is 5.75 Å². The van der Waals surface area contributed by atoms with Gasteiger partial charge >= 0.3 is 0 Å². The topological polar surface area (TPSA) is 34.4 Å². The summed E-state index contributed by atoms with van der Waals surface area (Å²) in [7, 11) is 1.68. The van der Waals surface area contributed by atoms with Gasteiger partial charge in [-0.1, -0.05) is 37.1 Å². The highest BCUT2D eigenvalue weighted by Crippen LogP contribution is 2.25. The number of ether oxygens (including phenoxy) is 1. The second kappa shape index (κ2) is 10.5. The Morgan fingerprint density at radius 3 is 2.46 bits per heavy atom. The monoisotopic (exact) mass is 353 g/mol. The molecule has 1 atom stereocenters. The van der Waals surface area contributed by atoms with Gasteiger partial charge in [0.25, 0.3) is 0 Å². The summed E-state index contributed by atoms with van der Waals surface area (Å²) in [6.07, 6.45) is 10.4. The Labute approximate surface area is 157 Å². The van der Waals surface area contributed by atoms with Crippen molar-refractivity contribution in [3.05, 3.63) is 71.7 Å². The Bertz CT molecular complexity index is 696. The molecule has 1 heterocycles. The highest BCUT2D eigenvalue weighted by Gasteiger charge is 2.12.